The van der Waals surface area contributed by atoms with Crippen LogP contribution in [0.1, 0.15) is 27.8 Å². The Morgan fingerprint density at radius 1 is 0.342 bits per heavy atom. The predicted molar refractivity (Wildman–Crippen MR) is 158 cm³/mol. The predicted octanol–water partition coefficient (Wildman–Crippen LogP) is 9.67. The van der Waals surface area contributed by atoms with Crippen LogP contribution in [0.5, 0.6) is 0 Å². The van der Waals surface area contributed by atoms with E-state index in [1.807, 2.05) is 0 Å². The first-order chi connectivity index (χ1) is 18.8. The van der Waals surface area contributed by atoms with Crippen LogP contribution in [0, 0.1) is 6.92 Å². The van der Waals surface area contributed by atoms with Crippen LogP contribution < -0.4 is 0 Å². The summed E-state index contributed by atoms with van der Waals surface area (Å²) in [4.78, 5) is 0. The second-order valence-corrected chi connectivity index (χ2v) is 10.5. The van der Waals surface area contributed by atoms with E-state index in [9.17, 15) is 0 Å². The molecule has 0 nitrogen and oxygen atoms in total. The first-order valence-electron chi connectivity index (χ1n) is 13.4. The summed E-state index contributed by atoms with van der Waals surface area (Å²) in [6.45, 7) is 2.21. The van der Waals surface area contributed by atoms with Gasteiger partial charge in [0.05, 0.1) is 5.41 Å². The zero-order valence-electron chi connectivity index (χ0n) is 21.3. The first kappa shape index (κ1) is 21.4. The van der Waals surface area contributed by atoms with Gasteiger partial charge in [0.2, 0.25) is 0 Å². The van der Waals surface area contributed by atoms with Crippen molar-refractivity contribution in [1.29, 1.82) is 0 Å². The average Bonchev–Trinajstić information content (AvgIpc) is 3.44. The second-order valence-electron chi connectivity index (χ2n) is 10.5. The van der Waals surface area contributed by atoms with E-state index in [1.165, 1.54) is 72.3 Å². The van der Waals surface area contributed by atoms with Crippen molar-refractivity contribution in [3.63, 3.8) is 0 Å². The minimum Gasteiger partial charge on any atom is -0.0622 e. The van der Waals surface area contributed by atoms with Gasteiger partial charge in [0.25, 0.3) is 0 Å². The van der Waals surface area contributed by atoms with Gasteiger partial charge in [-0.3, -0.25) is 0 Å². The van der Waals surface area contributed by atoms with Gasteiger partial charge in [-0.25, -0.2) is 0 Å². The van der Waals surface area contributed by atoms with Crippen LogP contribution in [-0.4, -0.2) is 0 Å². The Labute approximate surface area is 223 Å². The molecule has 0 aliphatic heterocycles. The third kappa shape index (κ3) is 2.75. The Morgan fingerprint density at radius 2 is 0.816 bits per heavy atom. The Bertz CT molecular complexity index is 1860. The van der Waals surface area contributed by atoms with E-state index < -0.39 is 0 Å². The SMILES string of the molecule is Cc1ccccc1-c1ccc2c(c1)C1(c3ccccc3-c3ccc(-c4ccccc4)cc31)c1ccccc1-2. The summed E-state index contributed by atoms with van der Waals surface area (Å²) in [5.41, 5.74) is 16.9. The zero-order valence-corrected chi connectivity index (χ0v) is 21.3. The molecule has 0 fully saturated rings. The van der Waals surface area contributed by atoms with Gasteiger partial charge < -0.3 is 0 Å². The molecule has 6 aromatic rings. The Kier molecular flexibility index (Phi) is 4.46. The van der Waals surface area contributed by atoms with Gasteiger partial charge in [-0.1, -0.05) is 127 Å². The molecule has 2 aliphatic carbocycles. The van der Waals surface area contributed by atoms with Crippen LogP contribution in [0.4, 0.5) is 0 Å². The number of benzene rings is 6. The molecule has 0 N–H and O–H groups in total. The van der Waals surface area contributed by atoms with Crippen LogP contribution in [-0.2, 0) is 5.41 Å². The fraction of sp³-hybridized carbons (Fsp3) is 0.0526. The summed E-state index contributed by atoms with van der Waals surface area (Å²) in [6.07, 6.45) is 0. The molecule has 0 saturated heterocycles. The van der Waals surface area contributed by atoms with Gasteiger partial charge in [0, 0.05) is 0 Å². The summed E-state index contributed by atoms with van der Waals surface area (Å²) in [6, 6.07) is 51.8. The van der Waals surface area contributed by atoms with E-state index in [0.29, 0.717) is 0 Å². The smallest absolute Gasteiger partial charge is 0.0622 e. The molecular formula is C38H26. The maximum Gasteiger partial charge on any atom is 0.0725 e. The van der Waals surface area contributed by atoms with Gasteiger partial charge in [0.1, 0.15) is 0 Å². The lowest BCUT2D eigenvalue weighted by Gasteiger charge is -2.31. The molecule has 1 unspecified atom stereocenters. The summed E-state index contributed by atoms with van der Waals surface area (Å²) in [7, 11) is 0. The van der Waals surface area contributed by atoms with Crippen LogP contribution in [0.2, 0.25) is 0 Å². The summed E-state index contributed by atoms with van der Waals surface area (Å²) in [5.74, 6) is 0. The van der Waals surface area contributed by atoms with Gasteiger partial charge >= 0.3 is 0 Å². The van der Waals surface area contributed by atoms with Gasteiger partial charge in [-0.2, -0.15) is 0 Å². The van der Waals surface area contributed by atoms with Gasteiger partial charge in [0.15, 0.2) is 0 Å². The molecule has 0 bridgehead atoms. The molecule has 0 heterocycles. The molecule has 178 valence electrons. The van der Waals surface area contributed by atoms with E-state index in [1.54, 1.807) is 0 Å². The highest BCUT2D eigenvalue weighted by molar-refractivity contribution is 5.96. The minimum absolute atomic E-state index is 0.346. The highest BCUT2D eigenvalue weighted by Gasteiger charge is 2.51. The standard InChI is InChI=1S/C38H26/c1-25-11-5-6-14-29(25)28-20-22-33-31-16-8-10-18-35(31)38(37(33)24-28)34-17-9-7-15-30(34)32-21-19-27(23-36(32)38)26-12-3-2-4-13-26/h2-24H,1H3. The Balaban J connectivity index is 1.50. The number of fused-ring (bicyclic) bond motifs is 10. The average molecular weight is 483 g/mol. The van der Waals surface area contributed by atoms with Crippen molar-refractivity contribution in [2.45, 2.75) is 12.3 Å². The van der Waals surface area contributed by atoms with Crippen molar-refractivity contribution in [2.24, 2.45) is 0 Å². The normalized spacial score (nSPS) is 16.1. The van der Waals surface area contributed by atoms with Crippen molar-refractivity contribution in [3.05, 3.63) is 167 Å². The lowest BCUT2D eigenvalue weighted by Crippen LogP contribution is -2.26. The van der Waals surface area contributed by atoms with Crippen LogP contribution in [0.15, 0.2) is 140 Å². The second kappa shape index (κ2) is 7.91. The zero-order chi connectivity index (χ0) is 25.3. The van der Waals surface area contributed by atoms with Crippen molar-refractivity contribution in [1.82, 2.24) is 0 Å². The number of hydrogen-bond acceptors (Lipinski definition) is 0. The van der Waals surface area contributed by atoms with Crippen LogP contribution in [0.3, 0.4) is 0 Å². The van der Waals surface area contributed by atoms with E-state index in [4.69, 9.17) is 0 Å². The third-order valence-corrected chi connectivity index (χ3v) is 8.65. The van der Waals surface area contributed by atoms with E-state index >= 15 is 0 Å². The lowest BCUT2D eigenvalue weighted by molar-refractivity contribution is 0.794. The van der Waals surface area contributed by atoms with Crippen molar-refractivity contribution in [3.8, 4) is 44.5 Å². The largest absolute Gasteiger partial charge is 0.0725 e. The molecule has 6 aromatic carbocycles. The molecule has 8 rings (SSSR count). The van der Waals surface area contributed by atoms with Crippen molar-refractivity contribution in [2.75, 3.05) is 0 Å². The molecule has 38 heavy (non-hydrogen) atoms. The monoisotopic (exact) mass is 482 g/mol. The molecule has 0 heteroatoms. The lowest BCUT2D eigenvalue weighted by atomic mass is 9.70. The van der Waals surface area contributed by atoms with Crippen LogP contribution >= 0.6 is 0 Å². The fourth-order valence-corrected chi connectivity index (χ4v) is 7.01. The molecule has 0 aromatic heterocycles. The number of aryl methyl sites for hydroxylation is 1. The maximum atomic E-state index is 2.47. The van der Waals surface area contributed by atoms with Crippen molar-refractivity contribution >= 4 is 0 Å². The minimum atomic E-state index is -0.346. The molecule has 0 saturated carbocycles. The Morgan fingerprint density at radius 3 is 1.45 bits per heavy atom. The van der Waals surface area contributed by atoms with E-state index in [0.717, 1.165) is 0 Å². The molecule has 2 aliphatic rings. The Hall–Kier alpha value is -4.68. The third-order valence-electron chi connectivity index (χ3n) is 8.65. The van der Waals surface area contributed by atoms with Gasteiger partial charge in [-0.15, -0.1) is 0 Å². The van der Waals surface area contributed by atoms with Gasteiger partial charge in [-0.05, 0) is 91.4 Å². The first-order valence-corrected chi connectivity index (χ1v) is 13.4. The topological polar surface area (TPSA) is 0 Å². The quantitative estimate of drug-likeness (QED) is 0.230. The fourth-order valence-electron chi connectivity index (χ4n) is 7.01. The molecule has 1 spiro atoms. The summed E-state index contributed by atoms with van der Waals surface area (Å²) < 4.78 is 0. The highest BCUT2D eigenvalue weighted by atomic mass is 14.5. The molecular weight excluding hydrogens is 456 g/mol. The number of hydrogen-bond donors (Lipinski definition) is 0. The maximum absolute atomic E-state index is 2.47. The molecule has 0 radical (unpaired) electrons. The number of rotatable bonds is 2. The summed E-state index contributed by atoms with van der Waals surface area (Å²) >= 11 is 0. The summed E-state index contributed by atoms with van der Waals surface area (Å²) in [5, 5.41) is 0. The molecule has 0 amide bonds. The van der Waals surface area contributed by atoms with Crippen LogP contribution in [0.25, 0.3) is 44.5 Å². The van der Waals surface area contributed by atoms with E-state index in [2.05, 4.69) is 146 Å². The molecule has 1 atom stereocenters. The highest BCUT2D eigenvalue weighted by Crippen LogP contribution is 2.63. The van der Waals surface area contributed by atoms with E-state index in [-0.39, 0.29) is 5.41 Å². The van der Waals surface area contributed by atoms with Crippen molar-refractivity contribution < 1.29 is 0 Å².